The van der Waals surface area contributed by atoms with Crippen molar-refractivity contribution in [1.82, 2.24) is 0 Å². The molecule has 1 fully saturated rings. The van der Waals surface area contributed by atoms with E-state index in [1.807, 2.05) is 0 Å². The van der Waals surface area contributed by atoms with Gasteiger partial charge in [-0.05, 0) is 24.8 Å². The van der Waals surface area contributed by atoms with Gasteiger partial charge in [0.05, 0.1) is 5.60 Å². The predicted molar refractivity (Wildman–Crippen MR) is 61.2 cm³/mol. The van der Waals surface area contributed by atoms with Crippen LogP contribution in [-0.2, 0) is 9.22 Å². The fourth-order valence-electron chi connectivity index (χ4n) is 1.50. The number of carbonyl (C=O) groups is 1. The molecule has 0 aliphatic heterocycles. The van der Waals surface area contributed by atoms with Crippen LogP contribution in [0, 0.1) is 5.92 Å². The maximum absolute atomic E-state index is 10.9. The molecule has 0 aromatic carbocycles. The fraction of sp³-hybridized carbons (Fsp3) is 0.909. The minimum Gasteiger partial charge on any atom is -0.418 e. The summed E-state index contributed by atoms with van der Waals surface area (Å²) in [5, 5.41) is 0.338. The Hall–Kier alpha value is -0.153. The highest BCUT2D eigenvalue weighted by molar-refractivity contribution is 6.31. The van der Waals surface area contributed by atoms with Crippen molar-refractivity contribution in [3.63, 3.8) is 0 Å². The highest BCUT2D eigenvalue weighted by atomic mass is 28.2. The van der Waals surface area contributed by atoms with Crippen LogP contribution in [0.4, 0.5) is 0 Å². The predicted octanol–water partition coefficient (Wildman–Crippen LogP) is 2.06. The van der Waals surface area contributed by atoms with Gasteiger partial charge in [0.25, 0.3) is 0 Å². The van der Waals surface area contributed by atoms with Crippen LogP contribution >= 0.6 is 0 Å². The van der Waals surface area contributed by atoms with Gasteiger partial charge in [-0.2, -0.15) is 0 Å². The Bertz CT molecular complexity index is 220. The normalized spacial score (nSPS) is 20.5. The standard InChI is InChI=1S/C11H22O2Si/c1-10(2,3)14-13-11(4,5)8-6-9(12)7-8/h8H,6-7,14H2,1-5H3. The maximum atomic E-state index is 10.9. The van der Waals surface area contributed by atoms with Crippen LogP contribution in [0.15, 0.2) is 0 Å². The molecule has 0 unspecified atom stereocenters. The zero-order valence-electron chi connectivity index (χ0n) is 10.0. The molecule has 0 aromatic rings. The van der Waals surface area contributed by atoms with Crippen molar-refractivity contribution in [3.8, 4) is 0 Å². The Morgan fingerprint density at radius 2 is 1.71 bits per heavy atom. The van der Waals surface area contributed by atoms with Gasteiger partial charge in [-0.25, -0.2) is 0 Å². The SMILES string of the molecule is CC(C)(C)[SiH2]OC(C)(C)C1CC(=O)C1. The molecule has 82 valence electrons. The number of Topliss-reactive ketones (excluding diaryl/α,β-unsaturated/α-hetero) is 1. The summed E-state index contributed by atoms with van der Waals surface area (Å²) in [6.45, 7) is 10.9. The van der Waals surface area contributed by atoms with Crippen LogP contribution in [0.1, 0.15) is 47.5 Å². The van der Waals surface area contributed by atoms with Gasteiger partial charge < -0.3 is 4.43 Å². The van der Waals surface area contributed by atoms with E-state index in [1.165, 1.54) is 0 Å². The Labute approximate surface area is 89.4 Å². The molecule has 0 spiro atoms. The first kappa shape index (κ1) is 11.9. The fourth-order valence-corrected chi connectivity index (χ4v) is 2.54. The second kappa shape index (κ2) is 3.78. The molecule has 0 aromatic heterocycles. The second-order valence-electron chi connectivity index (χ2n) is 6.10. The largest absolute Gasteiger partial charge is 0.418 e. The van der Waals surface area contributed by atoms with Gasteiger partial charge in [0.2, 0.25) is 0 Å². The smallest absolute Gasteiger partial charge is 0.167 e. The van der Waals surface area contributed by atoms with Crippen LogP contribution in [0.5, 0.6) is 0 Å². The number of hydrogen-bond donors (Lipinski definition) is 0. The number of rotatable bonds is 3. The summed E-state index contributed by atoms with van der Waals surface area (Å²) in [6, 6.07) is 0. The van der Waals surface area contributed by atoms with E-state index in [-0.39, 0.29) is 5.60 Å². The average Bonchev–Trinajstić information content (AvgIpc) is 1.94. The highest BCUT2D eigenvalue weighted by Crippen LogP contribution is 2.37. The van der Waals surface area contributed by atoms with Gasteiger partial charge in [0, 0.05) is 12.8 Å². The van der Waals surface area contributed by atoms with Crippen molar-refractivity contribution in [2.75, 3.05) is 0 Å². The van der Waals surface area contributed by atoms with Crippen LogP contribution in [0.25, 0.3) is 0 Å². The van der Waals surface area contributed by atoms with Gasteiger partial charge in [-0.15, -0.1) is 0 Å². The van der Waals surface area contributed by atoms with Crippen LogP contribution in [-0.4, -0.2) is 21.1 Å². The first-order valence-electron chi connectivity index (χ1n) is 5.36. The van der Waals surface area contributed by atoms with E-state index < -0.39 is 9.76 Å². The third-order valence-electron chi connectivity index (χ3n) is 2.81. The number of ketones is 1. The quantitative estimate of drug-likeness (QED) is 0.672. The van der Waals surface area contributed by atoms with Crippen molar-refractivity contribution in [1.29, 1.82) is 0 Å². The molecular weight excluding hydrogens is 192 g/mol. The zero-order chi connectivity index (χ0) is 11.0. The van der Waals surface area contributed by atoms with Crippen molar-refractivity contribution in [3.05, 3.63) is 0 Å². The van der Waals surface area contributed by atoms with Crippen LogP contribution in [0.3, 0.4) is 0 Å². The summed E-state index contributed by atoms with van der Waals surface area (Å²) >= 11 is 0. The minimum atomic E-state index is -0.501. The Balaban J connectivity index is 2.38. The lowest BCUT2D eigenvalue weighted by molar-refractivity contribution is -0.133. The molecular formula is C11H22O2Si. The molecule has 1 saturated carbocycles. The molecule has 0 atom stereocenters. The van der Waals surface area contributed by atoms with Crippen molar-refractivity contribution < 1.29 is 9.22 Å². The molecule has 14 heavy (non-hydrogen) atoms. The first-order chi connectivity index (χ1) is 6.21. The van der Waals surface area contributed by atoms with Crippen molar-refractivity contribution in [2.45, 2.75) is 58.1 Å². The van der Waals surface area contributed by atoms with Gasteiger partial charge >= 0.3 is 0 Å². The van der Waals surface area contributed by atoms with Crippen molar-refractivity contribution >= 4 is 15.5 Å². The van der Waals surface area contributed by atoms with Gasteiger partial charge in [-0.1, -0.05) is 20.8 Å². The Morgan fingerprint density at radius 3 is 2.07 bits per heavy atom. The van der Waals surface area contributed by atoms with Gasteiger partial charge in [-0.3, -0.25) is 4.79 Å². The molecule has 3 heteroatoms. The summed E-state index contributed by atoms with van der Waals surface area (Å²) in [4.78, 5) is 10.9. The molecule has 0 amide bonds. The molecule has 1 aliphatic carbocycles. The molecule has 0 bridgehead atoms. The number of carbonyl (C=O) groups excluding carboxylic acids is 1. The summed E-state index contributed by atoms with van der Waals surface area (Å²) in [5.74, 6) is 0.856. The first-order valence-corrected chi connectivity index (χ1v) is 6.65. The van der Waals surface area contributed by atoms with E-state index in [2.05, 4.69) is 34.6 Å². The third kappa shape index (κ3) is 3.21. The molecule has 0 heterocycles. The Morgan fingerprint density at radius 1 is 1.21 bits per heavy atom. The van der Waals surface area contributed by atoms with Crippen LogP contribution < -0.4 is 0 Å². The zero-order valence-corrected chi connectivity index (χ0v) is 11.4. The average molecular weight is 214 g/mol. The van der Waals surface area contributed by atoms with Gasteiger partial charge in [0.1, 0.15) is 5.78 Å². The molecule has 1 aliphatic rings. The lowest BCUT2D eigenvalue weighted by Crippen LogP contribution is -2.44. The lowest BCUT2D eigenvalue weighted by atomic mass is 9.74. The Kier molecular flexibility index (Phi) is 3.22. The summed E-state index contributed by atoms with van der Waals surface area (Å²) < 4.78 is 6.03. The molecule has 0 radical (unpaired) electrons. The monoisotopic (exact) mass is 214 g/mol. The molecule has 0 N–H and O–H groups in total. The molecule has 1 rings (SSSR count). The topological polar surface area (TPSA) is 26.3 Å². The minimum absolute atomic E-state index is 0.0760. The summed E-state index contributed by atoms with van der Waals surface area (Å²) in [7, 11) is -0.501. The molecule has 2 nitrogen and oxygen atoms in total. The van der Waals surface area contributed by atoms with Crippen molar-refractivity contribution in [2.24, 2.45) is 5.92 Å². The maximum Gasteiger partial charge on any atom is 0.167 e. The third-order valence-corrected chi connectivity index (χ3v) is 4.56. The van der Waals surface area contributed by atoms with Gasteiger partial charge in [0.15, 0.2) is 9.76 Å². The number of hydrogen-bond acceptors (Lipinski definition) is 2. The van der Waals surface area contributed by atoms with E-state index in [4.69, 9.17) is 4.43 Å². The van der Waals surface area contributed by atoms with E-state index in [9.17, 15) is 4.79 Å². The van der Waals surface area contributed by atoms with E-state index in [0.717, 1.165) is 12.8 Å². The lowest BCUT2D eigenvalue weighted by Gasteiger charge is -2.41. The molecule has 0 saturated heterocycles. The highest BCUT2D eigenvalue weighted by Gasteiger charge is 2.40. The summed E-state index contributed by atoms with van der Waals surface area (Å²) in [5.41, 5.74) is -0.0760. The van der Waals surface area contributed by atoms with E-state index in [0.29, 0.717) is 16.7 Å². The van der Waals surface area contributed by atoms with E-state index >= 15 is 0 Å². The second-order valence-corrected chi connectivity index (χ2v) is 8.80. The summed E-state index contributed by atoms with van der Waals surface area (Å²) in [6.07, 6.45) is 1.46. The van der Waals surface area contributed by atoms with Crippen LogP contribution in [0.2, 0.25) is 5.04 Å². The van der Waals surface area contributed by atoms with E-state index in [1.54, 1.807) is 0 Å².